The topological polar surface area (TPSA) is 17.1 Å². The maximum atomic E-state index is 11.1. The molecule has 122 valence electrons. The molecule has 0 aliphatic carbocycles. The average molecular weight is 306 g/mol. The summed E-state index contributed by atoms with van der Waals surface area (Å²) in [5.74, 6) is 0.303. The lowest BCUT2D eigenvalue weighted by atomic mass is 10.1. The predicted molar refractivity (Wildman–Crippen MR) is 84.4 cm³/mol. The minimum absolute atomic E-state index is 0. The lowest BCUT2D eigenvalue weighted by Gasteiger charge is -2.28. The number of halogens is 1. The molecule has 0 spiro atoms. The minimum Gasteiger partial charge on any atom is -1.00 e. The number of ketones is 1. The van der Waals surface area contributed by atoms with Crippen molar-refractivity contribution in [1.82, 2.24) is 0 Å². The summed E-state index contributed by atoms with van der Waals surface area (Å²) in [6, 6.07) is 0. The van der Waals surface area contributed by atoms with Crippen LogP contribution in [0.15, 0.2) is 0 Å². The van der Waals surface area contributed by atoms with Crippen molar-refractivity contribution in [3.05, 3.63) is 0 Å². The van der Waals surface area contributed by atoms with Gasteiger partial charge in [-0.15, -0.1) is 0 Å². The minimum atomic E-state index is 0. The molecule has 0 heterocycles. The van der Waals surface area contributed by atoms with Gasteiger partial charge < -0.3 is 16.9 Å². The van der Waals surface area contributed by atoms with Crippen molar-refractivity contribution < 1.29 is 21.7 Å². The van der Waals surface area contributed by atoms with E-state index in [2.05, 4.69) is 21.0 Å². The lowest BCUT2D eigenvalue weighted by Crippen LogP contribution is -3.00. The number of carbonyl (C=O) groups is 1. The van der Waals surface area contributed by atoms with Gasteiger partial charge in [0, 0.05) is 6.92 Å². The Kier molecular flexibility index (Phi) is 15.4. The smallest absolute Gasteiger partial charge is 0.183 e. The molecule has 0 fully saturated rings. The van der Waals surface area contributed by atoms with Crippen molar-refractivity contribution in [2.24, 2.45) is 0 Å². The van der Waals surface area contributed by atoms with E-state index in [1.807, 2.05) is 0 Å². The molecule has 0 atom stereocenters. The molecule has 0 radical (unpaired) electrons. The number of carbonyl (C=O) groups excluding carboxylic acids is 1. The van der Waals surface area contributed by atoms with Crippen LogP contribution in [0.5, 0.6) is 0 Å². The summed E-state index contributed by atoms with van der Waals surface area (Å²) in [4.78, 5) is 11.1. The quantitative estimate of drug-likeness (QED) is 0.373. The van der Waals surface area contributed by atoms with Crippen LogP contribution < -0.4 is 12.4 Å². The van der Waals surface area contributed by atoms with Gasteiger partial charge >= 0.3 is 0 Å². The van der Waals surface area contributed by atoms with Crippen LogP contribution in [0.4, 0.5) is 0 Å². The molecule has 0 aromatic rings. The summed E-state index contributed by atoms with van der Waals surface area (Å²) in [5, 5.41) is 0. The second-order valence-corrected chi connectivity index (χ2v) is 6.70. The van der Waals surface area contributed by atoms with Crippen LogP contribution in [0.3, 0.4) is 0 Å². The Morgan fingerprint density at radius 2 is 1.20 bits per heavy atom. The number of likely N-dealkylation sites (N-methyl/N-ethyl adjacent to an activating group) is 1. The van der Waals surface area contributed by atoms with Crippen LogP contribution in [0, 0.1) is 0 Å². The molecule has 0 aromatic carbocycles. The van der Waals surface area contributed by atoms with Crippen molar-refractivity contribution in [3.63, 3.8) is 0 Å². The summed E-state index contributed by atoms with van der Waals surface area (Å²) in [6.45, 7) is 5.78. The number of hydrogen-bond acceptors (Lipinski definition) is 1. The predicted octanol–water partition coefficient (Wildman–Crippen LogP) is 1.58. The van der Waals surface area contributed by atoms with E-state index in [9.17, 15) is 4.79 Å². The van der Waals surface area contributed by atoms with Gasteiger partial charge in [-0.25, -0.2) is 0 Å². The fraction of sp³-hybridized carbons (Fsp3) is 0.941. The molecule has 0 saturated heterocycles. The number of Topliss-reactive ketones (excluding diaryl/α,β-unsaturated/α-hetero) is 1. The van der Waals surface area contributed by atoms with Gasteiger partial charge in [0.15, 0.2) is 5.78 Å². The summed E-state index contributed by atoms with van der Waals surface area (Å²) in [7, 11) is 4.32. The monoisotopic (exact) mass is 305 g/mol. The van der Waals surface area contributed by atoms with Gasteiger partial charge in [-0.05, 0) is 12.8 Å². The zero-order valence-corrected chi connectivity index (χ0v) is 15.0. The molecule has 0 saturated carbocycles. The fourth-order valence-corrected chi connectivity index (χ4v) is 2.71. The molecule has 0 unspecified atom stereocenters. The second-order valence-electron chi connectivity index (χ2n) is 6.70. The molecule has 3 heteroatoms. The van der Waals surface area contributed by atoms with E-state index >= 15 is 0 Å². The van der Waals surface area contributed by atoms with Crippen LogP contribution in [0.2, 0.25) is 0 Å². The van der Waals surface area contributed by atoms with Crippen LogP contribution >= 0.6 is 0 Å². The maximum Gasteiger partial charge on any atom is 0.183 e. The van der Waals surface area contributed by atoms with Gasteiger partial charge in [-0.1, -0.05) is 58.3 Å². The SMILES string of the molecule is CCCCCCCCCCCC[N+](C)(C)CC(C)=O.[Cl-]. The Balaban J connectivity index is 0. The fourth-order valence-electron chi connectivity index (χ4n) is 2.71. The Labute approximate surface area is 133 Å². The molecule has 2 nitrogen and oxygen atoms in total. The molecule has 0 bridgehead atoms. The Morgan fingerprint density at radius 1 is 0.800 bits per heavy atom. The molecule has 0 amide bonds. The van der Waals surface area contributed by atoms with Crippen LogP contribution in [-0.2, 0) is 4.79 Å². The van der Waals surface area contributed by atoms with Crippen LogP contribution in [0.1, 0.15) is 78.1 Å². The zero-order valence-electron chi connectivity index (χ0n) is 14.2. The maximum absolute atomic E-state index is 11.1. The largest absolute Gasteiger partial charge is 1.00 e. The van der Waals surface area contributed by atoms with Crippen LogP contribution in [0.25, 0.3) is 0 Å². The number of unbranched alkanes of at least 4 members (excludes halogenated alkanes) is 9. The molecule has 0 aliphatic rings. The van der Waals surface area contributed by atoms with E-state index in [0.29, 0.717) is 12.3 Å². The van der Waals surface area contributed by atoms with Crippen molar-refractivity contribution in [1.29, 1.82) is 0 Å². The highest BCUT2D eigenvalue weighted by Gasteiger charge is 2.16. The second kappa shape index (κ2) is 13.9. The summed E-state index contributed by atoms with van der Waals surface area (Å²) < 4.78 is 0.854. The summed E-state index contributed by atoms with van der Waals surface area (Å²) in [6.07, 6.45) is 13.8. The standard InChI is InChI=1S/C17H36NO.ClH/c1-5-6-7-8-9-10-11-12-13-14-15-18(3,4)16-17(2)19;/h5-16H2,1-4H3;1H/q+1;/p-1. The Morgan fingerprint density at radius 3 is 1.60 bits per heavy atom. The lowest BCUT2D eigenvalue weighted by molar-refractivity contribution is -0.882. The number of hydrogen-bond donors (Lipinski definition) is 0. The van der Waals surface area contributed by atoms with Crippen LogP contribution in [-0.4, -0.2) is 37.5 Å². The van der Waals surface area contributed by atoms with E-state index in [1.165, 1.54) is 64.2 Å². The molecule has 0 aromatic heterocycles. The first-order chi connectivity index (χ1) is 8.98. The van der Waals surface area contributed by atoms with Gasteiger partial charge in [0.2, 0.25) is 0 Å². The van der Waals surface area contributed by atoms with Gasteiger partial charge in [0.1, 0.15) is 6.54 Å². The van der Waals surface area contributed by atoms with E-state index in [0.717, 1.165) is 11.0 Å². The number of rotatable bonds is 13. The molecular weight excluding hydrogens is 270 g/mol. The molecular formula is C17H36ClNO. The van der Waals surface area contributed by atoms with E-state index in [4.69, 9.17) is 0 Å². The van der Waals surface area contributed by atoms with Gasteiger partial charge in [-0.2, -0.15) is 0 Å². The normalized spacial score (nSPS) is 11.2. The Bertz CT molecular complexity index is 229. The summed E-state index contributed by atoms with van der Waals surface area (Å²) >= 11 is 0. The average Bonchev–Trinajstić information content (AvgIpc) is 2.30. The van der Waals surface area contributed by atoms with Crippen molar-refractivity contribution in [3.8, 4) is 0 Å². The third-order valence-electron chi connectivity index (χ3n) is 3.77. The highest BCUT2D eigenvalue weighted by atomic mass is 35.5. The molecule has 0 N–H and O–H groups in total. The van der Waals surface area contributed by atoms with Crippen molar-refractivity contribution in [2.45, 2.75) is 78.1 Å². The molecule has 20 heavy (non-hydrogen) atoms. The highest BCUT2D eigenvalue weighted by molar-refractivity contribution is 5.76. The van der Waals surface area contributed by atoms with Gasteiger partial charge in [0.05, 0.1) is 20.6 Å². The molecule has 0 aliphatic heterocycles. The van der Waals surface area contributed by atoms with Crippen molar-refractivity contribution in [2.75, 3.05) is 27.2 Å². The van der Waals surface area contributed by atoms with Gasteiger partial charge in [0.25, 0.3) is 0 Å². The zero-order chi connectivity index (χ0) is 14.6. The number of quaternary nitrogens is 1. The molecule has 0 rings (SSSR count). The third-order valence-corrected chi connectivity index (χ3v) is 3.77. The van der Waals surface area contributed by atoms with Crippen molar-refractivity contribution >= 4 is 5.78 Å². The van der Waals surface area contributed by atoms with E-state index < -0.39 is 0 Å². The van der Waals surface area contributed by atoms with Gasteiger partial charge in [-0.3, -0.25) is 4.79 Å². The first kappa shape index (κ1) is 22.2. The third kappa shape index (κ3) is 16.0. The van der Waals surface area contributed by atoms with E-state index in [1.54, 1.807) is 6.92 Å². The highest BCUT2D eigenvalue weighted by Crippen LogP contribution is 2.11. The first-order valence-corrected chi connectivity index (χ1v) is 8.29. The summed E-state index contributed by atoms with van der Waals surface area (Å²) in [5.41, 5.74) is 0. The Hall–Kier alpha value is -0.0800. The first-order valence-electron chi connectivity index (χ1n) is 8.29. The van der Waals surface area contributed by atoms with E-state index in [-0.39, 0.29) is 12.4 Å². The number of nitrogens with zero attached hydrogens (tertiary/aromatic N) is 1.